The van der Waals surface area contributed by atoms with Crippen LogP contribution in [-0.4, -0.2) is 58.0 Å². The first-order valence-electron chi connectivity index (χ1n) is 13.2. The number of nitrogens with one attached hydrogen (secondary N) is 1. The highest BCUT2D eigenvalue weighted by Crippen LogP contribution is 2.32. The Labute approximate surface area is 247 Å². The van der Waals surface area contributed by atoms with Crippen molar-refractivity contribution >= 4 is 39.1 Å². The van der Waals surface area contributed by atoms with E-state index in [0.29, 0.717) is 22.8 Å². The molecular weight excluding hydrogens is 566 g/mol. The van der Waals surface area contributed by atoms with Gasteiger partial charge in [0.15, 0.2) is 11.5 Å². The van der Waals surface area contributed by atoms with Gasteiger partial charge in [0.1, 0.15) is 12.6 Å². The molecule has 3 rings (SSSR count). The number of ether oxygens (including phenoxy) is 2. The maximum Gasteiger partial charge on any atom is 0.264 e. The third-order valence-corrected chi connectivity index (χ3v) is 8.68. The second-order valence-electron chi connectivity index (χ2n) is 9.51. The van der Waals surface area contributed by atoms with Gasteiger partial charge in [-0.3, -0.25) is 13.9 Å². The summed E-state index contributed by atoms with van der Waals surface area (Å²) in [5.74, 6) is -0.318. The van der Waals surface area contributed by atoms with E-state index in [1.54, 1.807) is 61.5 Å². The van der Waals surface area contributed by atoms with E-state index in [9.17, 15) is 18.0 Å². The van der Waals surface area contributed by atoms with Gasteiger partial charge >= 0.3 is 0 Å². The van der Waals surface area contributed by atoms with Gasteiger partial charge < -0.3 is 19.7 Å². The minimum atomic E-state index is -4.26. The van der Waals surface area contributed by atoms with E-state index in [0.717, 1.165) is 4.31 Å². The lowest BCUT2D eigenvalue weighted by molar-refractivity contribution is -0.139. The first-order chi connectivity index (χ1) is 19.5. The summed E-state index contributed by atoms with van der Waals surface area (Å²) in [6.45, 7) is 4.94. The van der Waals surface area contributed by atoms with Crippen LogP contribution in [0, 0.1) is 0 Å². The Morgan fingerprint density at radius 1 is 0.927 bits per heavy atom. The summed E-state index contributed by atoms with van der Waals surface area (Å²) >= 11 is 6.19. The fraction of sp³-hybridized carbons (Fsp3) is 0.333. The highest BCUT2D eigenvalue weighted by molar-refractivity contribution is 7.92. The van der Waals surface area contributed by atoms with Crippen LogP contribution in [0.4, 0.5) is 5.69 Å². The van der Waals surface area contributed by atoms with Crippen LogP contribution in [0.2, 0.25) is 5.02 Å². The maximum atomic E-state index is 14.0. The smallest absolute Gasteiger partial charge is 0.264 e. The number of sulfonamides is 1. The molecule has 0 fully saturated rings. The van der Waals surface area contributed by atoms with Crippen LogP contribution in [0.3, 0.4) is 0 Å². The topological polar surface area (TPSA) is 105 Å². The average molecular weight is 602 g/mol. The molecule has 2 amide bonds. The molecule has 220 valence electrons. The van der Waals surface area contributed by atoms with Crippen molar-refractivity contribution in [2.75, 3.05) is 25.1 Å². The van der Waals surface area contributed by atoms with E-state index in [1.165, 1.54) is 37.3 Å². The van der Waals surface area contributed by atoms with Crippen molar-refractivity contribution < 1.29 is 27.5 Å². The van der Waals surface area contributed by atoms with Crippen molar-refractivity contribution in [2.24, 2.45) is 0 Å². The standard InChI is InChI=1S/C30H36ClN3O6S/c1-6-21(2)32-30(36)22(3)33(19-23-11-10-12-24(31)17-23)29(35)20-34(25-13-8-7-9-14-25)41(37,38)26-15-16-27(39-4)28(18-26)40-5/h7-18,21-22H,6,19-20H2,1-5H3,(H,32,36)/t21-,22+/m0/s1. The number of hydrogen-bond donors (Lipinski definition) is 1. The number of benzene rings is 3. The van der Waals surface area contributed by atoms with Crippen LogP contribution in [0.25, 0.3) is 0 Å². The van der Waals surface area contributed by atoms with E-state index < -0.39 is 28.5 Å². The van der Waals surface area contributed by atoms with Crippen molar-refractivity contribution in [2.45, 2.75) is 50.7 Å². The van der Waals surface area contributed by atoms with E-state index in [4.69, 9.17) is 21.1 Å². The first-order valence-corrected chi connectivity index (χ1v) is 15.0. The van der Waals surface area contributed by atoms with Crippen LogP contribution in [0.1, 0.15) is 32.8 Å². The van der Waals surface area contributed by atoms with E-state index in [-0.39, 0.29) is 34.8 Å². The monoisotopic (exact) mass is 601 g/mol. The largest absolute Gasteiger partial charge is 0.493 e. The molecule has 0 unspecified atom stereocenters. The number of halogens is 1. The minimum Gasteiger partial charge on any atom is -0.493 e. The highest BCUT2D eigenvalue weighted by atomic mass is 35.5. The Bertz CT molecular complexity index is 1450. The Hall–Kier alpha value is -3.76. The molecule has 0 spiro atoms. The summed E-state index contributed by atoms with van der Waals surface area (Å²) in [6, 6.07) is 18.5. The minimum absolute atomic E-state index is 0.0491. The van der Waals surface area contributed by atoms with Crippen LogP contribution in [0.5, 0.6) is 11.5 Å². The second-order valence-corrected chi connectivity index (χ2v) is 11.8. The van der Waals surface area contributed by atoms with Gasteiger partial charge in [0.25, 0.3) is 10.0 Å². The maximum absolute atomic E-state index is 14.0. The zero-order valence-electron chi connectivity index (χ0n) is 23.8. The molecule has 0 saturated heterocycles. The molecule has 0 radical (unpaired) electrons. The van der Waals surface area contributed by atoms with Crippen LogP contribution in [0.15, 0.2) is 77.7 Å². The van der Waals surface area contributed by atoms with Gasteiger partial charge in [-0.15, -0.1) is 0 Å². The number of nitrogens with zero attached hydrogens (tertiary/aromatic N) is 2. The average Bonchev–Trinajstić information content (AvgIpc) is 2.97. The second kappa shape index (κ2) is 14.2. The van der Waals surface area contributed by atoms with Crippen molar-refractivity contribution in [3.63, 3.8) is 0 Å². The fourth-order valence-electron chi connectivity index (χ4n) is 4.11. The van der Waals surface area contributed by atoms with Crippen molar-refractivity contribution in [3.8, 4) is 11.5 Å². The number of hydrogen-bond acceptors (Lipinski definition) is 6. The molecule has 3 aromatic carbocycles. The van der Waals surface area contributed by atoms with Gasteiger partial charge in [-0.25, -0.2) is 8.42 Å². The normalized spacial score (nSPS) is 12.6. The number of para-hydroxylation sites is 1. The summed E-state index contributed by atoms with van der Waals surface area (Å²) in [5, 5.41) is 3.39. The SMILES string of the molecule is CC[C@H](C)NC(=O)[C@@H](C)N(Cc1cccc(Cl)c1)C(=O)CN(c1ccccc1)S(=O)(=O)c1ccc(OC)c(OC)c1. The zero-order valence-corrected chi connectivity index (χ0v) is 25.4. The van der Waals surface area contributed by atoms with Gasteiger partial charge in [-0.05, 0) is 62.2 Å². The third-order valence-electron chi connectivity index (χ3n) is 6.68. The lowest BCUT2D eigenvalue weighted by Gasteiger charge is -2.32. The number of methoxy groups -OCH3 is 2. The molecule has 2 atom stereocenters. The van der Waals surface area contributed by atoms with Crippen LogP contribution >= 0.6 is 11.6 Å². The quantitative estimate of drug-likeness (QED) is 0.299. The summed E-state index contributed by atoms with van der Waals surface area (Å²) in [5.41, 5.74) is 0.984. The number of carbonyl (C=O) groups excluding carboxylic acids is 2. The summed E-state index contributed by atoms with van der Waals surface area (Å²) in [7, 11) is -1.40. The Morgan fingerprint density at radius 2 is 1.61 bits per heavy atom. The van der Waals surface area contributed by atoms with Crippen molar-refractivity contribution in [3.05, 3.63) is 83.4 Å². The van der Waals surface area contributed by atoms with Gasteiger partial charge in [-0.2, -0.15) is 0 Å². The van der Waals surface area contributed by atoms with E-state index in [2.05, 4.69) is 5.32 Å². The Kier molecular flexibility index (Phi) is 11.0. The highest BCUT2D eigenvalue weighted by Gasteiger charge is 2.33. The van der Waals surface area contributed by atoms with Gasteiger partial charge in [0, 0.05) is 23.7 Å². The summed E-state index contributed by atoms with van der Waals surface area (Å²) in [4.78, 5) is 28.4. The van der Waals surface area contributed by atoms with E-state index >= 15 is 0 Å². The fourth-order valence-corrected chi connectivity index (χ4v) is 5.75. The molecule has 0 aliphatic heterocycles. The molecule has 0 bridgehead atoms. The lowest BCUT2D eigenvalue weighted by Crippen LogP contribution is -2.52. The predicted molar refractivity (Wildman–Crippen MR) is 160 cm³/mol. The molecule has 0 saturated carbocycles. The van der Waals surface area contributed by atoms with Crippen molar-refractivity contribution in [1.82, 2.24) is 10.2 Å². The van der Waals surface area contributed by atoms with Gasteiger partial charge in [0.05, 0.1) is 24.8 Å². The summed E-state index contributed by atoms with van der Waals surface area (Å²) < 4.78 is 39.6. The number of anilines is 1. The molecule has 0 aliphatic carbocycles. The summed E-state index contributed by atoms with van der Waals surface area (Å²) in [6.07, 6.45) is 0.714. The lowest BCUT2D eigenvalue weighted by atomic mass is 10.1. The molecule has 0 aromatic heterocycles. The molecular formula is C30H36ClN3O6S. The first kappa shape index (κ1) is 31.8. The number of amides is 2. The zero-order chi connectivity index (χ0) is 30.2. The molecule has 11 heteroatoms. The molecule has 0 heterocycles. The van der Waals surface area contributed by atoms with Crippen LogP contribution in [-0.2, 0) is 26.2 Å². The molecule has 3 aromatic rings. The van der Waals surface area contributed by atoms with Crippen molar-refractivity contribution in [1.29, 1.82) is 0 Å². The predicted octanol–water partition coefficient (Wildman–Crippen LogP) is 4.88. The van der Waals surface area contributed by atoms with Gasteiger partial charge in [0.2, 0.25) is 11.8 Å². The molecule has 9 nitrogen and oxygen atoms in total. The molecule has 41 heavy (non-hydrogen) atoms. The van der Waals surface area contributed by atoms with Gasteiger partial charge in [-0.1, -0.05) is 48.9 Å². The molecule has 1 N–H and O–H groups in total. The Morgan fingerprint density at radius 3 is 2.22 bits per heavy atom. The van der Waals surface area contributed by atoms with Crippen LogP contribution < -0.4 is 19.1 Å². The number of carbonyl (C=O) groups is 2. The van der Waals surface area contributed by atoms with E-state index in [1.807, 2.05) is 13.8 Å². The number of rotatable bonds is 13. The molecule has 0 aliphatic rings. The Balaban J connectivity index is 2.04. The third kappa shape index (κ3) is 7.92.